The number of aliphatic imine (C=N–C) groups is 1. The Balaban J connectivity index is 1.83. The molecule has 1 heterocycles. The highest BCUT2D eigenvalue weighted by atomic mass is 15.2. The monoisotopic (exact) mass is 313 g/mol. The van der Waals surface area contributed by atoms with Gasteiger partial charge in [-0.25, -0.2) is 0 Å². The molecular weight excluding hydrogens is 282 g/mol. The summed E-state index contributed by atoms with van der Waals surface area (Å²) in [5.41, 5.74) is 8.02. The Labute approximate surface area is 141 Å². The molecule has 1 aromatic rings. The Hall–Kier alpha value is -1.35. The van der Waals surface area contributed by atoms with Crippen LogP contribution in [0.4, 0.5) is 0 Å². The van der Waals surface area contributed by atoms with Crippen molar-refractivity contribution in [3.63, 3.8) is 0 Å². The molecule has 3 rings (SSSR count). The molecule has 1 fully saturated rings. The van der Waals surface area contributed by atoms with E-state index in [9.17, 15) is 0 Å². The van der Waals surface area contributed by atoms with Gasteiger partial charge in [0.2, 0.25) is 0 Å². The van der Waals surface area contributed by atoms with Crippen molar-refractivity contribution in [2.75, 3.05) is 26.2 Å². The fourth-order valence-corrected chi connectivity index (χ4v) is 4.60. The first-order valence-electron chi connectivity index (χ1n) is 9.28. The van der Waals surface area contributed by atoms with Crippen molar-refractivity contribution in [1.82, 2.24) is 4.90 Å². The summed E-state index contributed by atoms with van der Waals surface area (Å²) in [7, 11) is 0. The summed E-state index contributed by atoms with van der Waals surface area (Å²) >= 11 is 0. The maximum Gasteiger partial charge on any atom is 0.0958 e. The maximum atomic E-state index is 6.44. The van der Waals surface area contributed by atoms with E-state index in [0.717, 1.165) is 38.5 Å². The molecule has 2 aliphatic rings. The van der Waals surface area contributed by atoms with Gasteiger partial charge in [-0.15, -0.1) is 0 Å². The van der Waals surface area contributed by atoms with Crippen LogP contribution in [-0.4, -0.2) is 36.9 Å². The quantitative estimate of drug-likeness (QED) is 0.872. The molecule has 0 amide bonds. The Morgan fingerprint density at radius 3 is 2.52 bits per heavy atom. The van der Waals surface area contributed by atoms with Crippen LogP contribution < -0.4 is 5.73 Å². The van der Waals surface area contributed by atoms with E-state index in [0.29, 0.717) is 0 Å². The molecule has 1 unspecified atom stereocenters. The average Bonchev–Trinajstić information content (AvgIpc) is 3.03. The molecule has 0 spiro atoms. The van der Waals surface area contributed by atoms with E-state index >= 15 is 0 Å². The van der Waals surface area contributed by atoms with Gasteiger partial charge in [0.1, 0.15) is 0 Å². The summed E-state index contributed by atoms with van der Waals surface area (Å²) in [4.78, 5) is 6.98. The number of benzene rings is 1. The largest absolute Gasteiger partial charge is 0.359 e. The van der Waals surface area contributed by atoms with Crippen LogP contribution in [0.5, 0.6) is 0 Å². The highest BCUT2D eigenvalue weighted by Crippen LogP contribution is 2.43. The highest BCUT2D eigenvalue weighted by Gasteiger charge is 2.39. The Morgan fingerprint density at radius 1 is 1.17 bits per heavy atom. The molecule has 1 aliphatic carbocycles. The topological polar surface area (TPSA) is 41.6 Å². The van der Waals surface area contributed by atoms with Crippen LogP contribution in [0.15, 0.2) is 35.3 Å². The van der Waals surface area contributed by atoms with Gasteiger partial charge in [-0.05, 0) is 37.7 Å². The van der Waals surface area contributed by atoms with E-state index < -0.39 is 0 Å². The van der Waals surface area contributed by atoms with Gasteiger partial charge in [0.05, 0.1) is 12.4 Å². The predicted octanol–water partition coefficient (Wildman–Crippen LogP) is 3.59. The van der Waals surface area contributed by atoms with E-state index in [1.807, 2.05) is 0 Å². The number of nitrogens with zero attached hydrogens (tertiary/aromatic N) is 2. The van der Waals surface area contributed by atoms with Crippen molar-refractivity contribution in [1.29, 1.82) is 0 Å². The van der Waals surface area contributed by atoms with Crippen molar-refractivity contribution in [3.8, 4) is 0 Å². The summed E-state index contributed by atoms with van der Waals surface area (Å²) in [6.45, 7) is 6.01. The minimum absolute atomic E-state index is 0.130. The van der Waals surface area contributed by atoms with Gasteiger partial charge in [0, 0.05) is 25.0 Å². The number of hydrogen-bond acceptors (Lipinski definition) is 3. The molecule has 1 aliphatic heterocycles. The molecule has 3 heteroatoms. The molecule has 2 N–H and O–H groups in total. The lowest BCUT2D eigenvalue weighted by molar-refractivity contribution is 0.183. The van der Waals surface area contributed by atoms with Gasteiger partial charge in [-0.1, -0.05) is 49.6 Å². The van der Waals surface area contributed by atoms with E-state index in [2.05, 4.69) is 47.1 Å². The second-order valence-electron chi connectivity index (χ2n) is 7.23. The van der Waals surface area contributed by atoms with Crippen molar-refractivity contribution in [3.05, 3.63) is 35.9 Å². The third kappa shape index (κ3) is 3.45. The lowest BCUT2D eigenvalue weighted by atomic mass is 9.63. The van der Waals surface area contributed by atoms with Crippen LogP contribution in [0, 0.1) is 5.92 Å². The normalized spacial score (nSPS) is 22.0. The van der Waals surface area contributed by atoms with Crippen molar-refractivity contribution < 1.29 is 0 Å². The maximum absolute atomic E-state index is 6.44. The van der Waals surface area contributed by atoms with Gasteiger partial charge >= 0.3 is 0 Å². The van der Waals surface area contributed by atoms with E-state index in [4.69, 9.17) is 5.73 Å². The zero-order valence-corrected chi connectivity index (χ0v) is 14.5. The lowest BCUT2D eigenvalue weighted by Crippen LogP contribution is -2.46. The Bertz CT molecular complexity index is 519. The first-order chi connectivity index (χ1) is 11.3. The van der Waals surface area contributed by atoms with Crippen molar-refractivity contribution in [2.45, 2.75) is 50.9 Å². The van der Waals surface area contributed by atoms with Crippen LogP contribution in [0.1, 0.15) is 51.0 Å². The van der Waals surface area contributed by atoms with Gasteiger partial charge in [-0.3, -0.25) is 4.99 Å². The van der Waals surface area contributed by atoms with Gasteiger partial charge in [0.25, 0.3) is 0 Å². The standard InChI is InChI=1S/C20H31N3/c1-17-22-13-15-23(17)14-12-20(16-21,18-8-4-2-5-9-18)19-10-6-3-7-11-19/h2,4-5,8-9,19H,3,6-7,10-16,21H2,1H3. The molecular formula is C20H31N3. The van der Waals surface area contributed by atoms with Crippen LogP contribution >= 0.6 is 0 Å². The molecule has 0 aromatic heterocycles. The summed E-state index contributed by atoms with van der Waals surface area (Å²) in [6.07, 6.45) is 7.93. The Kier molecular flexibility index (Phi) is 5.37. The third-order valence-corrected chi connectivity index (χ3v) is 6.10. The summed E-state index contributed by atoms with van der Waals surface area (Å²) in [6, 6.07) is 11.1. The van der Waals surface area contributed by atoms with Gasteiger partial charge < -0.3 is 10.6 Å². The molecule has 23 heavy (non-hydrogen) atoms. The molecule has 0 radical (unpaired) electrons. The molecule has 0 bridgehead atoms. The number of rotatable bonds is 6. The number of nitrogens with two attached hydrogens (primary N) is 1. The number of hydrogen-bond donors (Lipinski definition) is 1. The SMILES string of the molecule is CC1=NCCN1CCC(CN)(c1ccccc1)C1CCCCC1. The third-order valence-electron chi connectivity index (χ3n) is 6.10. The summed E-state index contributed by atoms with van der Waals surface area (Å²) < 4.78 is 0. The minimum atomic E-state index is 0.130. The molecule has 0 saturated heterocycles. The molecule has 1 saturated carbocycles. The van der Waals surface area contributed by atoms with E-state index in [1.165, 1.54) is 43.5 Å². The zero-order chi connectivity index (χ0) is 16.1. The van der Waals surface area contributed by atoms with Gasteiger partial charge in [-0.2, -0.15) is 0 Å². The molecule has 1 atom stereocenters. The first-order valence-corrected chi connectivity index (χ1v) is 9.28. The van der Waals surface area contributed by atoms with Gasteiger partial charge in [0.15, 0.2) is 0 Å². The number of amidine groups is 1. The molecule has 1 aromatic carbocycles. The fraction of sp³-hybridized carbons (Fsp3) is 0.650. The van der Waals surface area contributed by atoms with Crippen LogP contribution in [0.25, 0.3) is 0 Å². The smallest absolute Gasteiger partial charge is 0.0958 e. The van der Waals surface area contributed by atoms with Crippen LogP contribution in [0.2, 0.25) is 0 Å². The zero-order valence-electron chi connectivity index (χ0n) is 14.5. The average molecular weight is 313 g/mol. The van der Waals surface area contributed by atoms with E-state index in [1.54, 1.807) is 0 Å². The Morgan fingerprint density at radius 2 is 1.91 bits per heavy atom. The predicted molar refractivity (Wildman–Crippen MR) is 97.9 cm³/mol. The van der Waals surface area contributed by atoms with Crippen LogP contribution in [-0.2, 0) is 5.41 Å². The molecule has 126 valence electrons. The lowest BCUT2D eigenvalue weighted by Gasteiger charge is -2.43. The first kappa shape index (κ1) is 16.5. The minimum Gasteiger partial charge on any atom is -0.359 e. The van der Waals surface area contributed by atoms with E-state index in [-0.39, 0.29) is 5.41 Å². The van der Waals surface area contributed by atoms with Crippen molar-refractivity contribution >= 4 is 5.84 Å². The second kappa shape index (κ2) is 7.48. The fourth-order valence-electron chi connectivity index (χ4n) is 4.60. The summed E-state index contributed by atoms with van der Waals surface area (Å²) in [5.74, 6) is 1.93. The van der Waals surface area contributed by atoms with Crippen molar-refractivity contribution in [2.24, 2.45) is 16.6 Å². The second-order valence-corrected chi connectivity index (χ2v) is 7.23. The molecule has 3 nitrogen and oxygen atoms in total. The highest BCUT2D eigenvalue weighted by molar-refractivity contribution is 5.81. The summed E-state index contributed by atoms with van der Waals surface area (Å²) in [5, 5.41) is 0. The van der Waals surface area contributed by atoms with Crippen LogP contribution in [0.3, 0.4) is 0 Å².